The van der Waals surface area contributed by atoms with Crippen LogP contribution in [0.15, 0.2) is 23.4 Å². The van der Waals surface area contributed by atoms with Crippen molar-refractivity contribution in [2.24, 2.45) is 22.7 Å². The van der Waals surface area contributed by atoms with Crippen molar-refractivity contribution < 1.29 is 10.0 Å². The van der Waals surface area contributed by atoms with Crippen molar-refractivity contribution in [3.63, 3.8) is 0 Å². The van der Waals surface area contributed by atoms with Crippen molar-refractivity contribution in [3.05, 3.63) is 28.8 Å². The molecule has 0 aromatic heterocycles. The summed E-state index contributed by atoms with van der Waals surface area (Å²) in [6, 6.07) is 5.32. The molecule has 0 aliphatic rings. The molecule has 0 bridgehead atoms. The second kappa shape index (κ2) is 6.43. The van der Waals surface area contributed by atoms with Crippen LogP contribution in [0.25, 0.3) is 0 Å². The van der Waals surface area contributed by atoms with Crippen molar-refractivity contribution in [2.45, 2.75) is 20.8 Å². The van der Waals surface area contributed by atoms with Crippen LogP contribution >= 0.6 is 11.6 Å². The van der Waals surface area contributed by atoms with Gasteiger partial charge in [-0.1, -0.05) is 36.7 Å². The zero-order valence-electron chi connectivity index (χ0n) is 11.1. The molecule has 1 unspecified atom stereocenters. The summed E-state index contributed by atoms with van der Waals surface area (Å²) in [4.78, 5) is 12.1. The lowest BCUT2D eigenvalue weighted by Gasteiger charge is -2.19. The van der Waals surface area contributed by atoms with Gasteiger partial charge in [0.25, 0.3) is 0 Å². The highest BCUT2D eigenvalue weighted by atomic mass is 35.5. The first-order valence-corrected chi connectivity index (χ1v) is 6.29. The normalized spacial score (nSPS) is 13.4. The predicted molar refractivity (Wildman–Crippen MR) is 76.6 cm³/mol. The Balaban J connectivity index is 2.94. The number of aryl methyl sites for hydroxylation is 1. The molecule has 1 aromatic rings. The number of nitrogens with zero attached hydrogens (tertiary/aromatic N) is 1. The van der Waals surface area contributed by atoms with Gasteiger partial charge in [0.2, 0.25) is 5.91 Å². The predicted octanol–water partition coefficient (Wildman–Crippen LogP) is 2.61. The number of oxime groups is 1. The molecule has 1 rings (SSSR count). The van der Waals surface area contributed by atoms with Gasteiger partial charge < -0.3 is 16.3 Å². The first kappa shape index (κ1) is 15.3. The van der Waals surface area contributed by atoms with E-state index in [1.165, 1.54) is 0 Å². The fourth-order valence-electron chi connectivity index (χ4n) is 1.77. The zero-order chi connectivity index (χ0) is 14.6. The summed E-state index contributed by atoms with van der Waals surface area (Å²) in [5, 5.41) is 14.8. The van der Waals surface area contributed by atoms with Gasteiger partial charge >= 0.3 is 0 Å². The number of halogens is 1. The van der Waals surface area contributed by atoms with E-state index < -0.39 is 5.92 Å². The molecule has 0 fully saturated rings. The maximum atomic E-state index is 12.1. The third kappa shape index (κ3) is 3.86. The quantitative estimate of drug-likeness (QED) is 0.343. The monoisotopic (exact) mass is 283 g/mol. The Hall–Kier alpha value is -1.75. The number of anilines is 1. The Labute approximate surface area is 117 Å². The highest BCUT2D eigenvalue weighted by Crippen LogP contribution is 2.24. The van der Waals surface area contributed by atoms with E-state index in [4.69, 9.17) is 22.5 Å². The molecule has 0 saturated carbocycles. The van der Waals surface area contributed by atoms with Crippen LogP contribution in [-0.2, 0) is 4.79 Å². The van der Waals surface area contributed by atoms with Crippen LogP contribution in [0.2, 0.25) is 5.02 Å². The number of rotatable bonds is 4. The summed E-state index contributed by atoms with van der Waals surface area (Å²) in [6.45, 7) is 5.54. The second-order valence-corrected chi connectivity index (χ2v) is 5.13. The molecular weight excluding hydrogens is 266 g/mol. The van der Waals surface area contributed by atoms with E-state index in [0.29, 0.717) is 10.7 Å². The molecule has 104 valence electrons. The van der Waals surface area contributed by atoms with E-state index in [1.807, 2.05) is 26.8 Å². The molecule has 1 aromatic carbocycles. The van der Waals surface area contributed by atoms with Crippen molar-refractivity contribution in [2.75, 3.05) is 5.32 Å². The van der Waals surface area contributed by atoms with Crippen molar-refractivity contribution in [1.82, 2.24) is 0 Å². The third-order valence-electron chi connectivity index (χ3n) is 2.77. The molecule has 0 saturated heterocycles. The number of amides is 1. The molecule has 6 heteroatoms. The Kier molecular flexibility index (Phi) is 5.18. The number of benzene rings is 1. The fourth-order valence-corrected chi connectivity index (χ4v) is 2.06. The molecule has 5 nitrogen and oxygen atoms in total. The van der Waals surface area contributed by atoms with Gasteiger partial charge in [0.05, 0.1) is 10.7 Å². The summed E-state index contributed by atoms with van der Waals surface area (Å²) in [7, 11) is 0. The maximum absolute atomic E-state index is 12.1. The highest BCUT2D eigenvalue weighted by molar-refractivity contribution is 6.33. The maximum Gasteiger partial charge on any atom is 0.235 e. The van der Waals surface area contributed by atoms with E-state index in [9.17, 15) is 4.79 Å². The molecule has 0 spiro atoms. The second-order valence-electron chi connectivity index (χ2n) is 4.72. The van der Waals surface area contributed by atoms with E-state index in [0.717, 1.165) is 5.56 Å². The number of hydrogen-bond donors (Lipinski definition) is 3. The lowest BCUT2D eigenvalue weighted by atomic mass is 9.93. The van der Waals surface area contributed by atoms with Gasteiger partial charge in [-0.15, -0.1) is 0 Å². The summed E-state index contributed by atoms with van der Waals surface area (Å²) in [6.07, 6.45) is 0. The number of nitrogens with two attached hydrogens (primary N) is 1. The number of nitrogens with one attached hydrogen (secondary N) is 1. The number of carbonyl (C=O) groups is 1. The Morgan fingerprint density at radius 3 is 2.58 bits per heavy atom. The minimum absolute atomic E-state index is 0.0971. The Bertz CT molecular complexity index is 501. The fraction of sp³-hybridized carbons (Fsp3) is 0.385. The molecular formula is C13H18ClN3O2. The van der Waals surface area contributed by atoms with Gasteiger partial charge in [0, 0.05) is 0 Å². The summed E-state index contributed by atoms with van der Waals surface area (Å²) >= 11 is 6.05. The first-order valence-electron chi connectivity index (χ1n) is 5.91. The molecule has 0 aliphatic heterocycles. The lowest BCUT2D eigenvalue weighted by Crippen LogP contribution is -2.38. The molecule has 4 N–H and O–H groups in total. The number of carbonyl (C=O) groups excluding carboxylic acids is 1. The minimum atomic E-state index is -0.706. The molecule has 0 aliphatic carbocycles. The molecule has 0 heterocycles. The van der Waals surface area contributed by atoms with Gasteiger partial charge in [-0.25, -0.2) is 0 Å². The van der Waals surface area contributed by atoms with E-state index in [2.05, 4.69) is 10.5 Å². The SMILES string of the molecule is Cc1ccc(NC(=O)C(C(N)=NO)C(C)C)c(Cl)c1. The number of amidine groups is 1. The van der Waals surface area contributed by atoms with Gasteiger partial charge in [0.15, 0.2) is 5.84 Å². The van der Waals surface area contributed by atoms with Gasteiger partial charge in [0.1, 0.15) is 5.92 Å². The molecule has 19 heavy (non-hydrogen) atoms. The van der Waals surface area contributed by atoms with Crippen LogP contribution < -0.4 is 11.1 Å². The van der Waals surface area contributed by atoms with Crippen LogP contribution in [0, 0.1) is 18.8 Å². The lowest BCUT2D eigenvalue weighted by molar-refractivity contribution is -0.119. The standard InChI is InChI=1S/C13H18ClN3O2/c1-7(2)11(12(15)17-19)13(18)16-10-5-4-8(3)6-9(10)14/h4-7,11,19H,1-3H3,(H2,15,17)(H,16,18). The third-order valence-corrected chi connectivity index (χ3v) is 3.08. The Morgan fingerprint density at radius 1 is 1.47 bits per heavy atom. The zero-order valence-corrected chi connectivity index (χ0v) is 11.9. The van der Waals surface area contributed by atoms with Crippen LogP contribution in [0.3, 0.4) is 0 Å². The largest absolute Gasteiger partial charge is 0.409 e. The topological polar surface area (TPSA) is 87.7 Å². The van der Waals surface area contributed by atoms with Crippen LogP contribution in [-0.4, -0.2) is 17.0 Å². The van der Waals surface area contributed by atoms with Crippen LogP contribution in [0.5, 0.6) is 0 Å². The molecule has 1 atom stereocenters. The highest BCUT2D eigenvalue weighted by Gasteiger charge is 2.27. The Morgan fingerprint density at radius 2 is 2.11 bits per heavy atom. The van der Waals surface area contributed by atoms with Gasteiger partial charge in [-0.05, 0) is 30.5 Å². The van der Waals surface area contributed by atoms with E-state index >= 15 is 0 Å². The average molecular weight is 284 g/mol. The first-order chi connectivity index (χ1) is 8.86. The molecule has 1 amide bonds. The minimum Gasteiger partial charge on any atom is -0.409 e. The van der Waals surface area contributed by atoms with Gasteiger partial charge in [-0.3, -0.25) is 4.79 Å². The summed E-state index contributed by atoms with van der Waals surface area (Å²) in [5.41, 5.74) is 7.05. The van der Waals surface area contributed by atoms with Crippen molar-refractivity contribution in [1.29, 1.82) is 0 Å². The van der Waals surface area contributed by atoms with Gasteiger partial charge in [-0.2, -0.15) is 0 Å². The van der Waals surface area contributed by atoms with Crippen molar-refractivity contribution >= 4 is 29.0 Å². The van der Waals surface area contributed by atoms with Crippen LogP contribution in [0.1, 0.15) is 19.4 Å². The van der Waals surface area contributed by atoms with Crippen LogP contribution in [0.4, 0.5) is 5.69 Å². The number of hydrogen-bond acceptors (Lipinski definition) is 3. The summed E-state index contributed by atoms with van der Waals surface area (Å²) < 4.78 is 0. The van der Waals surface area contributed by atoms with E-state index in [-0.39, 0.29) is 17.7 Å². The molecule has 0 radical (unpaired) electrons. The van der Waals surface area contributed by atoms with Crippen molar-refractivity contribution in [3.8, 4) is 0 Å². The average Bonchev–Trinajstić information content (AvgIpc) is 2.32. The summed E-state index contributed by atoms with van der Waals surface area (Å²) in [5.74, 6) is -1.27. The smallest absolute Gasteiger partial charge is 0.235 e. The van der Waals surface area contributed by atoms with E-state index in [1.54, 1.807) is 12.1 Å².